The zero-order chi connectivity index (χ0) is 7.28. The van der Waals surface area contributed by atoms with Gasteiger partial charge in [0.15, 0.2) is 0 Å². The molecule has 0 bridgehead atoms. The molecule has 0 aliphatic rings. The summed E-state index contributed by atoms with van der Waals surface area (Å²) in [6.45, 7) is 1.92. The van der Waals surface area contributed by atoms with E-state index in [-0.39, 0.29) is 5.75 Å². The molecule has 0 atom stereocenters. The molecule has 1 radical (unpaired) electrons. The fraction of sp³-hybridized carbons (Fsp3) is 0.800. The van der Waals surface area contributed by atoms with Crippen molar-refractivity contribution >= 4 is 10.7 Å². The Kier molecular flexibility index (Phi) is 4.71. The lowest BCUT2D eigenvalue weighted by atomic mass is 10.3. The van der Waals surface area contributed by atoms with Crippen molar-refractivity contribution in [2.75, 3.05) is 12.8 Å². The lowest BCUT2D eigenvalue weighted by Gasteiger charge is -2.06. The van der Waals surface area contributed by atoms with Gasteiger partial charge in [-0.05, 0) is 13.5 Å². The summed E-state index contributed by atoms with van der Waals surface area (Å²) in [5, 5.41) is 2.82. The molecule has 9 heavy (non-hydrogen) atoms. The second-order valence-electron chi connectivity index (χ2n) is 1.70. The minimum Gasteiger partial charge on any atom is -0.312 e. The van der Waals surface area contributed by atoms with Gasteiger partial charge in [0.1, 0.15) is 10.7 Å². The van der Waals surface area contributed by atoms with Gasteiger partial charge in [-0.15, -0.1) is 0 Å². The Morgan fingerprint density at radius 2 is 2.11 bits per heavy atom. The van der Waals surface area contributed by atoms with E-state index in [0.717, 1.165) is 12.5 Å². The quantitative estimate of drug-likeness (QED) is 0.544. The first kappa shape index (κ1) is 8.91. The van der Waals surface area contributed by atoms with E-state index >= 15 is 0 Å². The predicted molar refractivity (Wildman–Crippen MR) is 37.8 cm³/mol. The number of rotatable bonds is 4. The van der Waals surface area contributed by atoms with Crippen molar-refractivity contribution in [3.05, 3.63) is 6.04 Å². The van der Waals surface area contributed by atoms with Crippen LogP contribution in [0.5, 0.6) is 0 Å². The molecule has 55 valence electrons. The maximum atomic E-state index is 10.1. The van der Waals surface area contributed by atoms with Crippen LogP contribution in [0.2, 0.25) is 0 Å². The van der Waals surface area contributed by atoms with Crippen molar-refractivity contribution in [2.45, 2.75) is 13.3 Å². The molecule has 0 aromatic heterocycles. The fourth-order valence-corrected chi connectivity index (χ4v) is 1.22. The molecule has 1 N–H and O–H groups in total. The molecule has 4 heteroatoms. The van der Waals surface area contributed by atoms with Crippen molar-refractivity contribution < 1.29 is 8.42 Å². The van der Waals surface area contributed by atoms with Gasteiger partial charge < -0.3 is 5.32 Å². The molecule has 0 aromatic rings. The molecular weight excluding hydrogens is 138 g/mol. The van der Waals surface area contributed by atoms with Gasteiger partial charge in [-0.2, -0.15) is 0 Å². The maximum Gasteiger partial charge on any atom is 0.142 e. The number of thiol groups is 1. The van der Waals surface area contributed by atoms with E-state index in [0.29, 0.717) is 0 Å². The summed E-state index contributed by atoms with van der Waals surface area (Å²) < 4.78 is 20.2. The highest BCUT2D eigenvalue weighted by Crippen LogP contribution is 1.97. The van der Waals surface area contributed by atoms with Crippen LogP contribution in [0.4, 0.5) is 0 Å². The van der Waals surface area contributed by atoms with Crippen LogP contribution in [0.3, 0.4) is 0 Å². The van der Waals surface area contributed by atoms with E-state index in [1.54, 1.807) is 7.05 Å². The SMILES string of the molecule is CC[C](C[SH](=O)=O)NC. The Morgan fingerprint density at radius 3 is 2.22 bits per heavy atom. The Morgan fingerprint density at radius 1 is 1.56 bits per heavy atom. The normalized spacial score (nSPS) is 11.1. The molecule has 0 aromatic carbocycles. The van der Waals surface area contributed by atoms with E-state index in [1.165, 1.54) is 0 Å². The van der Waals surface area contributed by atoms with E-state index in [4.69, 9.17) is 0 Å². The minimum absolute atomic E-state index is 0.169. The Balaban J connectivity index is 3.55. The largest absolute Gasteiger partial charge is 0.312 e. The van der Waals surface area contributed by atoms with Crippen molar-refractivity contribution in [1.29, 1.82) is 0 Å². The molecule has 0 spiro atoms. The van der Waals surface area contributed by atoms with E-state index in [2.05, 4.69) is 5.32 Å². The lowest BCUT2D eigenvalue weighted by molar-refractivity contribution is 0.609. The van der Waals surface area contributed by atoms with Gasteiger partial charge in [-0.1, -0.05) is 6.92 Å². The van der Waals surface area contributed by atoms with Gasteiger partial charge >= 0.3 is 0 Å². The Labute approximate surface area is 57.4 Å². The Bertz CT molecular complexity index is 121. The minimum atomic E-state index is -2.25. The average Bonchev–Trinajstić information content (AvgIpc) is 1.82. The van der Waals surface area contributed by atoms with Crippen molar-refractivity contribution in [3.63, 3.8) is 0 Å². The topological polar surface area (TPSA) is 46.2 Å². The van der Waals surface area contributed by atoms with Crippen LogP contribution in [0, 0.1) is 6.04 Å². The van der Waals surface area contributed by atoms with Crippen LogP contribution in [0.1, 0.15) is 13.3 Å². The Hall–Kier alpha value is -0.0900. The highest BCUT2D eigenvalue weighted by Gasteiger charge is 2.03. The molecular formula is C5H12NO2S. The van der Waals surface area contributed by atoms with Crippen molar-refractivity contribution in [1.82, 2.24) is 5.32 Å². The fourth-order valence-electron chi connectivity index (χ4n) is 0.523. The third kappa shape index (κ3) is 4.42. The molecule has 0 saturated heterocycles. The summed E-state index contributed by atoms with van der Waals surface area (Å²) in [5.74, 6) is 0.169. The van der Waals surface area contributed by atoms with Crippen LogP contribution in [0.25, 0.3) is 0 Å². The van der Waals surface area contributed by atoms with Gasteiger partial charge in [0.25, 0.3) is 0 Å². The standard InChI is InChI=1S/C5H12NO2S/c1-3-5(6-2)4-9(7)8/h6,9H,3-4H2,1-2H3. The number of hydrogen-bond acceptors (Lipinski definition) is 3. The van der Waals surface area contributed by atoms with Gasteiger partial charge in [0.2, 0.25) is 0 Å². The molecule has 0 saturated carbocycles. The highest BCUT2D eigenvalue weighted by atomic mass is 32.2. The van der Waals surface area contributed by atoms with Gasteiger partial charge in [-0.25, -0.2) is 8.42 Å². The molecule has 0 unspecified atom stereocenters. The smallest absolute Gasteiger partial charge is 0.142 e. The monoisotopic (exact) mass is 150 g/mol. The van der Waals surface area contributed by atoms with Crippen LogP contribution in [0.15, 0.2) is 0 Å². The zero-order valence-corrected chi connectivity index (χ0v) is 6.57. The maximum absolute atomic E-state index is 10.1. The summed E-state index contributed by atoms with van der Waals surface area (Å²) in [6.07, 6.45) is 0.778. The third-order valence-corrected chi connectivity index (χ3v) is 1.74. The van der Waals surface area contributed by atoms with E-state index < -0.39 is 10.7 Å². The third-order valence-electron chi connectivity index (χ3n) is 1.10. The van der Waals surface area contributed by atoms with Gasteiger partial charge in [-0.3, -0.25) is 0 Å². The molecule has 0 amide bonds. The molecule has 0 fully saturated rings. The summed E-state index contributed by atoms with van der Waals surface area (Å²) in [5.41, 5.74) is 0. The van der Waals surface area contributed by atoms with Crippen LogP contribution in [-0.2, 0) is 10.7 Å². The van der Waals surface area contributed by atoms with Crippen molar-refractivity contribution in [2.24, 2.45) is 0 Å². The summed E-state index contributed by atoms with van der Waals surface area (Å²) in [4.78, 5) is 0. The molecule has 0 rings (SSSR count). The molecule has 0 heterocycles. The van der Waals surface area contributed by atoms with Crippen molar-refractivity contribution in [3.8, 4) is 0 Å². The molecule has 3 nitrogen and oxygen atoms in total. The highest BCUT2D eigenvalue weighted by molar-refractivity contribution is 7.72. The van der Waals surface area contributed by atoms with Crippen LogP contribution in [-0.4, -0.2) is 21.2 Å². The number of nitrogens with one attached hydrogen (secondary N) is 1. The van der Waals surface area contributed by atoms with Gasteiger partial charge in [0.05, 0.1) is 11.8 Å². The van der Waals surface area contributed by atoms with Crippen LogP contribution < -0.4 is 5.32 Å². The first-order valence-electron chi connectivity index (χ1n) is 2.85. The first-order chi connectivity index (χ1) is 4.20. The predicted octanol–water partition coefficient (Wildman–Crippen LogP) is -0.241. The summed E-state index contributed by atoms with van der Waals surface area (Å²) >= 11 is 0. The second-order valence-corrected chi connectivity index (χ2v) is 2.68. The second kappa shape index (κ2) is 4.76. The average molecular weight is 150 g/mol. The zero-order valence-electron chi connectivity index (χ0n) is 5.68. The van der Waals surface area contributed by atoms with E-state index in [1.807, 2.05) is 6.92 Å². The first-order valence-corrected chi connectivity index (χ1v) is 4.21. The molecule has 0 aliphatic heterocycles. The van der Waals surface area contributed by atoms with Crippen LogP contribution >= 0.6 is 0 Å². The van der Waals surface area contributed by atoms with Gasteiger partial charge in [0, 0.05) is 0 Å². The summed E-state index contributed by atoms with van der Waals surface area (Å²) in [6, 6.07) is 0.867. The lowest BCUT2D eigenvalue weighted by Crippen LogP contribution is -2.19. The summed E-state index contributed by atoms with van der Waals surface area (Å²) in [7, 11) is -0.517. The molecule has 0 aliphatic carbocycles. The van der Waals surface area contributed by atoms with E-state index in [9.17, 15) is 8.42 Å². The number of hydrogen-bond donors (Lipinski definition) is 2.